The predicted octanol–water partition coefficient (Wildman–Crippen LogP) is 4.18. The quantitative estimate of drug-likeness (QED) is 0.542. The molecule has 0 aromatic heterocycles. The number of ether oxygens (including phenoxy) is 1. The van der Waals surface area contributed by atoms with Crippen molar-refractivity contribution < 1.29 is 31.1 Å². The van der Waals surface area contributed by atoms with Gasteiger partial charge in [-0.25, -0.2) is 21.6 Å². The van der Waals surface area contributed by atoms with E-state index in [2.05, 4.69) is 5.32 Å². The maximum absolute atomic E-state index is 13.7. The summed E-state index contributed by atoms with van der Waals surface area (Å²) in [4.78, 5) is 12.1. The van der Waals surface area contributed by atoms with Crippen LogP contribution in [-0.2, 0) is 21.2 Å². The number of hydrogen-bond acceptors (Lipinski definition) is 4. The Morgan fingerprint density at radius 3 is 2.58 bits per heavy atom. The summed E-state index contributed by atoms with van der Waals surface area (Å²) < 4.78 is 73.0. The Morgan fingerprint density at radius 1 is 1.06 bits per heavy atom. The van der Waals surface area contributed by atoms with Crippen LogP contribution in [0.2, 0.25) is 0 Å². The summed E-state index contributed by atoms with van der Waals surface area (Å²) in [6.45, 7) is 1.42. The second kappa shape index (κ2) is 8.78. The number of carbonyl (C=O) groups excluding carboxylic acids is 1. The zero-order valence-corrected chi connectivity index (χ0v) is 18.3. The highest BCUT2D eigenvalue weighted by Gasteiger charge is 2.30. The van der Waals surface area contributed by atoms with Gasteiger partial charge in [-0.2, -0.15) is 0 Å². The lowest BCUT2D eigenvalue weighted by molar-refractivity contribution is -0.118. The first-order valence-electron chi connectivity index (χ1n) is 9.96. The molecule has 3 aromatic carbocycles. The highest BCUT2D eigenvalue weighted by Crippen LogP contribution is 2.33. The maximum Gasteiger partial charge on any atom is 0.264 e. The third kappa shape index (κ3) is 4.38. The fraction of sp³-hybridized carbons (Fsp3) is 0.174. The number of nitrogens with zero attached hydrogens (tertiary/aromatic N) is 1. The van der Waals surface area contributed by atoms with Crippen molar-refractivity contribution in [3.63, 3.8) is 0 Å². The number of para-hydroxylation sites is 1. The van der Waals surface area contributed by atoms with Gasteiger partial charge in [0.2, 0.25) is 0 Å². The zero-order valence-electron chi connectivity index (χ0n) is 17.4. The van der Waals surface area contributed by atoms with Crippen LogP contribution < -0.4 is 14.4 Å². The molecule has 4 rings (SSSR count). The Morgan fingerprint density at radius 2 is 1.82 bits per heavy atom. The van der Waals surface area contributed by atoms with Crippen LogP contribution in [0.4, 0.5) is 24.5 Å². The number of sulfonamides is 1. The SMILES string of the molecule is Cc1cc(S(=O)(=O)N2CCc3ccccc32)ccc1OCC(=O)Nc1ccc(F)c(F)c1F. The van der Waals surface area contributed by atoms with Crippen LogP contribution in [0.5, 0.6) is 5.75 Å². The summed E-state index contributed by atoms with van der Waals surface area (Å²) in [5, 5.41) is 2.10. The van der Waals surface area contributed by atoms with Crippen LogP contribution in [0.25, 0.3) is 0 Å². The number of carbonyl (C=O) groups is 1. The lowest BCUT2D eigenvalue weighted by Gasteiger charge is -2.20. The Bertz CT molecular complexity index is 1350. The summed E-state index contributed by atoms with van der Waals surface area (Å²) in [5.74, 6) is -5.13. The van der Waals surface area contributed by atoms with E-state index in [0.29, 0.717) is 30.3 Å². The fourth-order valence-electron chi connectivity index (χ4n) is 3.58. The van der Waals surface area contributed by atoms with Crippen molar-refractivity contribution in [2.75, 3.05) is 22.8 Å². The van der Waals surface area contributed by atoms with Gasteiger partial charge in [0, 0.05) is 6.54 Å². The Kier molecular flexibility index (Phi) is 6.03. The summed E-state index contributed by atoms with van der Waals surface area (Å²) in [6.07, 6.45) is 0.628. The van der Waals surface area contributed by atoms with Crippen molar-refractivity contribution in [1.29, 1.82) is 0 Å². The lowest BCUT2D eigenvalue weighted by atomic mass is 10.2. The average molecular weight is 476 g/mol. The third-order valence-electron chi connectivity index (χ3n) is 5.25. The van der Waals surface area contributed by atoms with E-state index < -0.39 is 45.7 Å². The molecule has 6 nitrogen and oxygen atoms in total. The van der Waals surface area contributed by atoms with Crippen molar-refractivity contribution in [2.24, 2.45) is 0 Å². The summed E-state index contributed by atoms with van der Waals surface area (Å²) in [5.41, 5.74) is 1.56. The number of nitrogens with one attached hydrogen (secondary N) is 1. The van der Waals surface area contributed by atoms with Crippen molar-refractivity contribution in [1.82, 2.24) is 0 Å². The van der Waals surface area contributed by atoms with E-state index in [0.717, 1.165) is 11.6 Å². The number of anilines is 2. The van der Waals surface area contributed by atoms with E-state index >= 15 is 0 Å². The van der Waals surface area contributed by atoms with Crippen LogP contribution >= 0.6 is 0 Å². The zero-order chi connectivity index (χ0) is 23.8. The van der Waals surface area contributed by atoms with Crippen LogP contribution in [0.15, 0.2) is 59.5 Å². The van der Waals surface area contributed by atoms with Gasteiger partial charge < -0.3 is 10.1 Å². The Balaban J connectivity index is 1.45. The topological polar surface area (TPSA) is 75.7 Å². The molecule has 10 heteroatoms. The molecular formula is C23H19F3N2O4S. The first-order valence-corrected chi connectivity index (χ1v) is 11.4. The van der Waals surface area contributed by atoms with Crippen LogP contribution in [0, 0.1) is 24.4 Å². The highest BCUT2D eigenvalue weighted by molar-refractivity contribution is 7.92. The monoisotopic (exact) mass is 476 g/mol. The number of aryl methyl sites for hydroxylation is 1. The van der Waals surface area contributed by atoms with Crippen molar-refractivity contribution in [3.05, 3.63) is 83.2 Å². The van der Waals surface area contributed by atoms with E-state index in [1.807, 2.05) is 12.1 Å². The van der Waals surface area contributed by atoms with Gasteiger partial charge in [0.25, 0.3) is 15.9 Å². The molecule has 1 aliphatic rings. The number of hydrogen-bond donors (Lipinski definition) is 1. The molecule has 1 N–H and O–H groups in total. The second-order valence-corrected chi connectivity index (χ2v) is 9.31. The Labute approximate surface area is 188 Å². The van der Waals surface area contributed by atoms with Gasteiger partial charge in [-0.3, -0.25) is 9.10 Å². The van der Waals surface area contributed by atoms with E-state index in [9.17, 15) is 26.4 Å². The molecule has 0 radical (unpaired) electrons. The van der Waals surface area contributed by atoms with Crippen molar-refractivity contribution in [3.8, 4) is 5.75 Å². The molecule has 0 fully saturated rings. The van der Waals surface area contributed by atoms with Crippen LogP contribution in [0.1, 0.15) is 11.1 Å². The molecule has 0 bridgehead atoms. The lowest BCUT2D eigenvalue weighted by Crippen LogP contribution is -2.29. The van der Waals surface area contributed by atoms with Gasteiger partial charge in [-0.1, -0.05) is 18.2 Å². The molecule has 0 aliphatic carbocycles. The van der Waals surface area contributed by atoms with Crippen LogP contribution in [-0.4, -0.2) is 27.5 Å². The number of amides is 1. The van der Waals surface area contributed by atoms with E-state index in [4.69, 9.17) is 4.74 Å². The normalized spacial score (nSPS) is 13.0. The van der Waals surface area contributed by atoms with Gasteiger partial charge in [0.1, 0.15) is 5.75 Å². The van der Waals surface area contributed by atoms with Crippen molar-refractivity contribution >= 4 is 27.3 Å². The maximum atomic E-state index is 13.7. The molecule has 33 heavy (non-hydrogen) atoms. The van der Waals surface area contributed by atoms with Crippen LogP contribution in [0.3, 0.4) is 0 Å². The van der Waals surface area contributed by atoms with Crippen molar-refractivity contribution in [2.45, 2.75) is 18.2 Å². The molecule has 1 amide bonds. The fourth-order valence-corrected chi connectivity index (χ4v) is 5.17. The van der Waals surface area contributed by atoms with E-state index in [-0.39, 0.29) is 10.6 Å². The van der Waals surface area contributed by atoms with E-state index in [1.54, 1.807) is 19.1 Å². The summed E-state index contributed by atoms with van der Waals surface area (Å²) in [7, 11) is -3.79. The smallest absolute Gasteiger partial charge is 0.264 e. The minimum absolute atomic E-state index is 0.0809. The second-order valence-electron chi connectivity index (χ2n) is 7.44. The largest absolute Gasteiger partial charge is 0.483 e. The van der Waals surface area contributed by atoms with Gasteiger partial charge in [-0.15, -0.1) is 0 Å². The van der Waals surface area contributed by atoms with Gasteiger partial charge >= 0.3 is 0 Å². The molecule has 172 valence electrons. The minimum Gasteiger partial charge on any atom is -0.483 e. The molecule has 0 atom stereocenters. The molecule has 1 heterocycles. The van der Waals surface area contributed by atoms with Gasteiger partial charge in [0.15, 0.2) is 24.1 Å². The predicted molar refractivity (Wildman–Crippen MR) is 116 cm³/mol. The van der Waals surface area contributed by atoms with E-state index in [1.165, 1.54) is 22.5 Å². The minimum atomic E-state index is -3.79. The number of rotatable bonds is 6. The molecule has 0 saturated heterocycles. The standard InChI is InChI=1S/C23H19F3N2O4S/c1-14-12-16(33(30,31)28-11-10-15-4-2-3-5-19(15)28)6-9-20(14)32-13-21(29)27-18-8-7-17(24)22(25)23(18)26/h2-9,12H,10-11,13H2,1H3,(H,27,29). The molecule has 0 saturated carbocycles. The molecule has 0 unspecified atom stereocenters. The van der Waals surface area contributed by atoms with Gasteiger partial charge in [0.05, 0.1) is 16.3 Å². The Hall–Kier alpha value is -3.53. The first kappa shape index (κ1) is 22.7. The summed E-state index contributed by atoms with van der Waals surface area (Å²) >= 11 is 0. The average Bonchev–Trinajstić information content (AvgIpc) is 3.24. The number of halogens is 3. The molecule has 3 aromatic rings. The molecular weight excluding hydrogens is 457 g/mol. The highest BCUT2D eigenvalue weighted by atomic mass is 32.2. The summed E-state index contributed by atoms with van der Waals surface area (Å²) in [6, 6.07) is 13.1. The molecule has 0 spiro atoms. The number of fused-ring (bicyclic) bond motifs is 1. The molecule has 1 aliphatic heterocycles. The van der Waals surface area contributed by atoms with Gasteiger partial charge in [-0.05, 0) is 60.9 Å². The first-order chi connectivity index (χ1) is 15.7. The third-order valence-corrected chi connectivity index (χ3v) is 7.06. The number of benzene rings is 3.